The number of esters is 1. The minimum Gasteiger partial charge on any atom is -0.756 e. The van der Waals surface area contributed by atoms with Crippen molar-refractivity contribution < 1.29 is 37.3 Å². The summed E-state index contributed by atoms with van der Waals surface area (Å²) in [4.78, 5) is 40.3. The van der Waals surface area contributed by atoms with Gasteiger partial charge in [0, 0.05) is 12.8 Å². The second-order valence-electron chi connectivity index (χ2n) is 26.0. The fourth-order valence-electron chi connectivity index (χ4n) is 10.4. The van der Waals surface area contributed by atoms with Crippen molar-refractivity contribution in [2.75, 3.05) is 40.9 Å². The summed E-state index contributed by atoms with van der Waals surface area (Å²) >= 11 is 0. The average Bonchev–Trinajstić information content (AvgIpc) is 3.08. The third-order valence-electron chi connectivity index (χ3n) is 16.1. The van der Waals surface area contributed by atoms with Gasteiger partial charge in [0.25, 0.3) is 7.82 Å². The minimum absolute atomic E-state index is 0.0290. The molecular weight excluding hydrogens is 1140 g/mol. The van der Waals surface area contributed by atoms with Crippen molar-refractivity contribution >= 4 is 19.7 Å². The van der Waals surface area contributed by atoms with Crippen molar-refractivity contribution in [1.82, 2.24) is 5.32 Å². The number of hydrogen-bond acceptors (Lipinski definition) is 7. The Labute approximate surface area is 562 Å². The smallest absolute Gasteiger partial charge is 0.306 e. The maximum absolute atomic E-state index is 13.6. The van der Waals surface area contributed by atoms with Gasteiger partial charge in [0.05, 0.1) is 33.8 Å². The van der Waals surface area contributed by atoms with Crippen LogP contribution in [0.5, 0.6) is 0 Å². The Morgan fingerprint density at radius 1 is 0.396 bits per heavy atom. The quantitative estimate of drug-likeness (QED) is 0.0212. The van der Waals surface area contributed by atoms with Crippen LogP contribution in [-0.2, 0) is 27.9 Å². The number of unbranched alkanes of at least 4 members (excludes halogenated alkanes) is 31. The number of carbonyl (C=O) groups excluding carboxylic acids is 2. The molecule has 0 rings (SSSR count). The molecule has 0 aromatic carbocycles. The SMILES string of the molecule is CC/C=C\C/C=C\C/C=C\C/C=C\C/C=C\CCCCCCCCCCCCCC(=O)NC(COP(=O)([O-])OCC[N+](C)(C)C)C(/C=C/CCCCCCCCCCC)OC(=O)CCCCCCCCCCCCC/C=C\C/C=C\C/C=C\C/C=C\C/C=C\CC. The largest absolute Gasteiger partial charge is 0.756 e. The molecule has 0 fully saturated rings. The van der Waals surface area contributed by atoms with Crippen LogP contribution in [-0.4, -0.2) is 69.4 Å². The summed E-state index contributed by atoms with van der Waals surface area (Å²) in [6.45, 7) is 6.62. The van der Waals surface area contributed by atoms with E-state index >= 15 is 0 Å². The fraction of sp³-hybridized carbons (Fsp3) is 0.704. The van der Waals surface area contributed by atoms with E-state index in [1.54, 1.807) is 0 Å². The average molecular weight is 1290 g/mol. The summed E-state index contributed by atoms with van der Waals surface area (Å²) in [6.07, 6.45) is 98.7. The van der Waals surface area contributed by atoms with Crippen molar-refractivity contribution in [3.8, 4) is 0 Å². The lowest BCUT2D eigenvalue weighted by Crippen LogP contribution is -2.47. The van der Waals surface area contributed by atoms with Gasteiger partial charge in [-0.2, -0.15) is 0 Å². The van der Waals surface area contributed by atoms with Crippen LogP contribution < -0.4 is 10.2 Å². The number of amides is 1. The molecule has 0 saturated heterocycles. The second-order valence-corrected chi connectivity index (χ2v) is 27.4. The van der Waals surface area contributed by atoms with Crippen LogP contribution in [0, 0.1) is 0 Å². The van der Waals surface area contributed by atoms with Crippen LogP contribution >= 0.6 is 7.82 Å². The van der Waals surface area contributed by atoms with Crippen LogP contribution in [0.15, 0.2) is 134 Å². The molecule has 0 saturated carbocycles. The van der Waals surface area contributed by atoms with Gasteiger partial charge in [-0.1, -0.05) is 315 Å². The summed E-state index contributed by atoms with van der Waals surface area (Å²) in [5.74, 6) is -0.549. The van der Waals surface area contributed by atoms with E-state index < -0.39 is 26.6 Å². The number of likely N-dealkylation sites (N-methyl/N-ethyl adjacent to an activating group) is 1. The van der Waals surface area contributed by atoms with Crippen molar-refractivity contribution in [1.29, 1.82) is 0 Å². The molecule has 0 aliphatic heterocycles. The summed E-state index contributed by atoms with van der Waals surface area (Å²) in [6, 6.07) is -0.901. The summed E-state index contributed by atoms with van der Waals surface area (Å²) in [5, 5.41) is 3.04. The summed E-state index contributed by atoms with van der Waals surface area (Å²) < 4.78 is 30.5. The lowest BCUT2D eigenvalue weighted by Gasteiger charge is -2.30. The lowest BCUT2D eigenvalue weighted by molar-refractivity contribution is -0.870. The van der Waals surface area contributed by atoms with Crippen molar-refractivity contribution in [3.05, 3.63) is 134 Å². The molecule has 0 aromatic rings. The van der Waals surface area contributed by atoms with Gasteiger partial charge in [0.1, 0.15) is 19.3 Å². The molecule has 91 heavy (non-hydrogen) atoms. The molecule has 10 heteroatoms. The predicted molar refractivity (Wildman–Crippen MR) is 394 cm³/mol. The Balaban J connectivity index is 4.97. The van der Waals surface area contributed by atoms with Gasteiger partial charge in [-0.05, 0) is 122 Å². The molecule has 3 atom stereocenters. The Kier molecular flexibility index (Phi) is 66.1. The Bertz CT molecular complexity index is 2020. The number of ether oxygens (including phenoxy) is 1. The van der Waals surface area contributed by atoms with Crippen LogP contribution in [0.2, 0.25) is 0 Å². The van der Waals surface area contributed by atoms with E-state index in [1.165, 1.54) is 135 Å². The zero-order chi connectivity index (χ0) is 66.3. The molecule has 0 radical (unpaired) electrons. The van der Waals surface area contributed by atoms with Crippen molar-refractivity contribution in [2.45, 2.75) is 328 Å². The molecule has 0 aliphatic carbocycles. The molecule has 0 aromatic heterocycles. The molecule has 3 unspecified atom stereocenters. The Morgan fingerprint density at radius 3 is 1.05 bits per heavy atom. The normalized spacial score (nSPS) is 14.2. The van der Waals surface area contributed by atoms with Crippen LogP contribution in [0.1, 0.15) is 316 Å². The highest BCUT2D eigenvalue weighted by atomic mass is 31.2. The van der Waals surface area contributed by atoms with E-state index in [1.807, 2.05) is 33.3 Å². The molecule has 1 amide bonds. The number of phosphoric acid groups is 1. The zero-order valence-electron chi connectivity index (χ0n) is 59.8. The van der Waals surface area contributed by atoms with E-state index in [0.717, 1.165) is 148 Å². The van der Waals surface area contributed by atoms with Crippen LogP contribution in [0.4, 0.5) is 0 Å². The Hall–Kier alpha value is -3.85. The monoisotopic (exact) mass is 1290 g/mol. The predicted octanol–water partition coefficient (Wildman–Crippen LogP) is 23.7. The first-order valence-corrected chi connectivity index (χ1v) is 39.0. The number of hydrogen-bond donors (Lipinski definition) is 1. The van der Waals surface area contributed by atoms with E-state index in [4.69, 9.17) is 13.8 Å². The molecule has 0 spiro atoms. The van der Waals surface area contributed by atoms with Gasteiger partial charge >= 0.3 is 5.97 Å². The molecule has 1 N–H and O–H groups in total. The lowest BCUT2D eigenvalue weighted by atomic mass is 10.0. The number of nitrogens with zero attached hydrogens (tertiary/aromatic N) is 1. The minimum atomic E-state index is -4.72. The standard InChI is InChI=1S/C81H141N2O7P/c1-7-10-13-16-19-22-25-27-29-31-33-35-37-39-41-43-45-47-49-51-53-55-58-61-64-67-70-73-80(84)82-78(77-89-91(86,87)88-76-75-83(4,5)6)79(72-69-66-63-60-57-24-21-18-15-12-9-3)90-81(85)74-71-68-65-62-59-56-54-52-50-48-46-44-42-40-38-36-34-32-30-28-26-23-20-17-14-11-8-2/h10-11,13-14,19-20,22-23,27-30,33-36,39-42,69,72,78-79H,7-9,12,15-18,21,24-26,31-32,37-38,43-68,70-71,73-77H2,1-6H3,(H-,82,84,86,87)/b13-10-,14-11-,22-19-,23-20-,29-27-,30-28-,35-33-,36-34-,41-39-,42-40-,72-69+. The summed E-state index contributed by atoms with van der Waals surface area (Å²) in [7, 11) is 1.17. The third-order valence-corrected chi connectivity index (χ3v) is 17.0. The molecule has 0 aliphatic rings. The molecule has 0 heterocycles. The van der Waals surface area contributed by atoms with Gasteiger partial charge in [-0.25, -0.2) is 0 Å². The van der Waals surface area contributed by atoms with Gasteiger partial charge in [0.2, 0.25) is 5.91 Å². The number of carbonyl (C=O) groups is 2. The maximum Gasteiger partial charge on any atom is 0.306 e. The molecular formula is C81H141N2O7P. The highest BCUT2D eigenvalue weighted by molar-refractivity contribution is 7.45. The second kappa shape index (κ2) is 69.0. The van der Waals surface area contributed by atoms with E-state index in [-0.39, 0.29) is 24.9 Å². The molecule has 0 bridgehead atoms. The molecule has 9 nitrogen and oxygen atoms in total. The number of allylic oxidation sites excluding steroid dienone is 21. The van der Waals surface area contributed by atoms with Gasteiger partial charge in [-0.15, -0.1) is 0 Å². The molecule has 522 valence electrons. The number of quaternary nitrogens is 1. The van der Waals surface area contributed by atoms with E-state index in [9.17, 15) is 19.0 Å². The first-order chi connectivity index (χ1) is 44.4. The van der Waals surface area contributed by atoms with Crippen molar-refractivity contribution in [2.24, 2.45) is 0 Å². The van der Waals surface area contributed by atoms with E-state index in [2.05, 4.69) is 148 Å². The first kappa shape index (κ1) is 87.2. The topological polar surface area (TPSA) is 114 Å². The van der Waals surface area contributed by atoms with Crippen molar-refractivity contribution in [3.63, 3.8) is 0 Å². The van der Waals surface area contributed by atoms with Gasteiger partial charge < -0.3 is 28.5 Å². The number of nitrogens with one attached hydrogen (secondary N) is 1. The zero-order valence-corrected chi connectivity index (χ0v) is 60.7. The number of rotatable bonds is 67. The van der Waals surface area contributed by atoms with Crippen LogP contribution in [0.25, 0.3) is 0 Å². The summed E-state index contributed by atoms with van der Waals surface area (Å²) in [5.41, 5.74) is 0. The maximum atomic E-state index is 13.6. The highest BCUT2D eigenvalue weighted by Crippen LogP contribution is 2.38. The third kappa shape index (κ3) is 70.3. The van der Waals surface area contributed by atoms with E-state index in [0.29, 0.717) is 17.4 Å². The Morgan fingerprint density at radius 2 is 0.703 bits per heavy atom. The van der Waals surface area contributed by atoms with Gasteiger partial charge in [-0.3, -0.25) is 14.2 Å². The highest BCUT2D eigenvalue weighted by Gasteiger charge is 2.27. The fourth-order valence-corrected chi connectivity index (χ4v) is 11.1. The first-order valence-electron chi connectivity index (χ1n) is 37.5. The van der Waals surface area contributed by atoms with Crippen LogP contribution in [0.3, 0.4) is 0 Å². The number of phosphoric ester groups is 1. The van der Waals surface area contributed by atoms with Gasteiger partial charge in [0.15, 0.2) is 0 Å².